The topological polar surface area (TPSA) is 23.5 Å². The fourth-order valence-electron chi connectivity index (χ4n) is 1.46. The third kappa shape index (κ3) is 4.36. The smallest absolute Gasteiger partial charge is 0.104 e. The van der Waals surface area contributed by atoms with E-state index in [9.17, 15) is 0 Å². The van der Waals surface area contributed by atoms with E-state index in [2.05, 4.69) is 36.1 Å². The molecule has 0 fully saturated rings. The number of aliphatic hydroxyl groups excluding tert-OH is 1. The van der Waals surface area contributed by atoms with Crippen molar-refractivity contribution in [2.24, 2.45) is 0 Å². The molecular weight excluding hydrogens is 218 g/mol. The lowest BCUT2D eigenvalue weighted by Crippen LogP contribution is -2.18. The van der Waals surface area contributed by atoms with Gasteiger partial charge in [0.2, 0.25) is 0 Å². The van der Waals surface area contributed by atoms with Gasteiger partial charge in [-0.05, 0) is 31.5 Å². The molecule has 1 N–H and O–H groups in total. The minimum absolute atomic E-state index is 0.0685. The Balaban J connectivity index is 2.56. The van der Waals surface area contributed by atoms with Crippen LogP contribution in [0.3, 0.4) is 0 Å². The van der Waals surface area contributed by atoms with Gasteiger partial charge in [-0.25, -0.2) is 0 Å². The average molecular weight is 237 g/mol. The molecule has 88 valence electrons. The molecule has 0 radical (unpaired) electrons. The van der Waals surface area contributed by atoms with Crippen LogP contribution in [0.2, 0.25) is 0 Å². The normalized spacial score (nSPS) is 10.2. The first-order valence-electron chi connectivity index (χ1n) is 5.62. The van der Waals surface area contributed by atoms with Crippen molar-refractivity contribution in [3.05, 3.63) is 21.9 Å². The average Bonchev–Trinajstić information content (AvgIpc) is 2.71. The highest BCUT2D eigenvalue weighted by Gasteiger charge is 2.05. The molecule has 2 nitrogen and oxygen atoms in total. The molecule has 1 aromatic rings. The Morgan fingerprint density at radius 1 is 1.50 bits per heavy atom. The van der Waals surface area contributed by atoms with E-state index in [1.54, 1.807) is 11.3 Å². The Morgan fingerprint density at radius 3 is 3.00 bits per heavy atom. The maximum Gasteiger partial charge on any atom is 0.104 e. The number of thiophene rings is 1. The number of aliphatic hydroxyl groups is 1. The van der Waals surface area contributed by atoms with Crippen molar-refractivity contribution in [1.29, 1.82) is 0 Å². The standard InChI is InChI=1S/C13H19NOS/c1-3-4-8-14(2)11-13-12(6-5-9-15)7-10-16-13/h7,10,15H,3-4,8-9,11H2,1-2H3. The van der Waals surface area contributed by atoms with Gasteiger partial charge in [-0.3, -0.25) is 0 Å². The molecule has 0 spiro atoms. The van der Waals surface area contributed by atoms with Gasteiger partial charge in [0.15, 0.2) is 0 Å². The Labute approximate surface area is 102 Å². The summed E-state index contributed by atoms with van der Waals surface area (Å²) in [6.45, 7) is 4.21. The minimum Gasteiger partial charge on any atom is -0.384 e. The fourth-order valence-corrected chi connectivity index (χ4v) is 2.37. The lowest BCUT2D eigenvalue weighted by molar-refractivity contribution is 0.323. The summed E-state index contributed by atoms with van der Waals surface area (Å²) in [5.74, 6) is 5.69. The van der Waals surface area contributed by atoms with Crippen LogP contribution in [0.1, 0.15) is 30.2 Å². The van der Waals surface area contributed by atoms with E-state index in [4.69, 9.17) is 5.11 Å². The summed E-state index contributed by atoms with van der Waals surface area (Å²) in [5, 5.41) is 10.7. The van der Waals surface area contributed by atoms with Crippen molar-refractivity contribution in [1.82, 2.24) is 4.90 Å². The Kier molecular flexibility index (Phi) is 6.17. The van der Waals surface area contributed by atoms with Crippen molar-refractivity contribution in [3.8, 4) is 11.8 Å². The van der Waals surface area contributed by atoms with Crippen LogP contribution in [0, 0.1) is 11.8 Å². The number of rotatable bonds is 5. The van der Waals surface area contributed by atoms with Gasteiger partial charge in [0.1, 0.15) is 6.61 Å². The molecule has 1 rings (SSSR count). The summed E-state index contributed by atoms with van der Waals surface area (Å²) in [7, 11) is 2.14. The third-order valence-corrected chi connectivity index (χ3v) is 3.26. The van der Waals surface area contributed by atoms with Gasteiger partial charge in [0.25, 0.3) is 0 Å². The molecule has 0 bridgehead atoms. The maximum atomic E-state index is 8.67. The lowest BCUT2D eigenvalue weighted by Gasteiger charge is -2.15. The minimum atomic E-state index is -0.0685. The number of hydrogen-bond acceptors (Lipinski definition) is 3. The van der Waals surface area contributed by atoms with Crippen LogP contribution < -0.4 is 0 Å². The van der Waals surface area contributed by atoms with E-state index in [-0.39, 0.29) is 6.61 Å². The van der Waals surface area contributed by atoms with Gasteiger partial charge < -0.3 is 10.0 Å². The zero-order valence-electron chi connectivity index (χ0n) is 9.99. The molecule has 1 aromatic heterocycles. The molecule has 0 amide bonds. The first kappa shape index (κ1) is 13.2. The number of nitrogens with zero attached hydrogens (tertiary/aromatic N) is 1. The van der Waals surface area contributed by atoms with Crippen LogP contribution in [-0.4, -0.2) is 30.2 Å². The molecule has 0 aromatic carbocycles. The van der Waals surface area contributed by atoms with Crippen LogP contribution >= 0.6 is 11.3 Å². The maximum absolute atomic E-state index is 8.67. The molecule has 0 aliphatic heterocycles. The van der Waals surface area contributed by atoms with Crippen LogP contribution in [-0.2, 0) is 6.54 Å². The zero-order chi connectivity index (χ0) is 11.8. The number of unbranched alkanes of at least 4 members (excludes halogenated alkanes) is 1. The monoisotopic (exact) mass is 237 g/mol. The lowest BCUT2D eigenvalue weighted by atomic mass is 10.2. The second-order valence-corrected chi connectivity index (χ2v) is 4.81. The van der Waals surface area contributed by atoms with Crippen molar-refractivity contribution in [3.63, 3.8) is 0 Å². The highest BCUT2D eigenvalue weighted by molar-refractivity contribution is 7.10. The van der Waals surface area contributed by atoms with E-state index < -0.39 is 0 Å². The van der Waals surface area contributed by atoms with Crippen molar-refractivity contribution >= 4 is 11.3 Å². The number of hydrogen-bond donors (Lipinski definition) is 1. The van der Waals surface area contributed by atoms with Crippen molar-refractivity contribution < 1.29 is 5.11 Å². The molecular formula is C13H19NOS. The van der Waals surface area contributed by atoms with Gasteiger partial charge in [-0.15, -0.1) is 11.3 Å². The summed E-state index contributed by atoms with van der Waals surface area (Å²) < 4.78 is 0. The highest BCUT2D eigenvalue weighted by atomic mass is 32.1. The van der Waals surface area contributed by atoms with E-state index >= 15 is 0 Å². The molecule has 3 heteroatoms. The fraction of sp³-hybridized carbons (Fsp3) is 0.538. The molecule has 0 unspecified atom stereocenters. The van der Waals surface area contributed by atoms with Crippen LogP contribution in [0.15, 0.2) is 11.4 Å². The summed E-state index contributed by atoms with van der Waals surface area (Å²) >= 11 is 1.74. The van der Waals surface area contributed by atoms with Crippen LogP contribution in [0.4, 0.5) is 0 Å². The Morgan fingerprint density at radius 2 is 2.31 bits per heavy atom. The largest absolute Gasteiger partial charge is 0.384 e. The first-order chi connectivity index (χ1) is 7.77. The molecule has 0 aliphatic carbocycles. The molecule has 16 heavy (non-hydrogen) atoms. The van der Waals surface area contributed by atoms with Gasteiger partial charge in [-0.1, -0.05) is 25.2 Å². The highest BCUT2D eigenvalue weighted by Crippen LogP contribution is 2.17. The molecule has 0 saturated heterocycles. The van der Waals surface area contributed by atoms with E-state index in [1.807, 2.05) is 6.07 Å². The molecule has 0 atom stereocenters. The SMILES string of the molecule is CCCCN(C)Cc1sccc1C#CCO. The predicted molar refractivity (Wildman–Crippen MR) is 69.5 cm³/mol. The summed E-state index contributed by atoms with van der Waals surface area (Å²) in [6, 6.07) is 2.02. The van der Waals surface area contributed by atoms with Gasteiger partial charge in [0, 0.05) is 17.0 Å². The zero-order valence-corrected chi connectivity index (χ0v) is 10.8. The van der Waals surface area contributed by atoms with Crippen LogP contribution in [0.5, 0.6) is 0 Å². The van der Waals surface area contributed by atoms with Crippen molar-refractivity contribution in [2.75, 3.05) is 20.2 Å². The second-order valence-electron chi connectivity index (χ2n) is 3.81. The molecule has 1 heterocycles. The van der Waals surface area contributed by atoms with Gasteiger partial charge >= 0.3 is 0 Å². The second kappa shape index (κ2) is 7.45. The van der Waals surface area contributed by atoms with E-state index in [1.165, 1.54) is 17.7 Å². The van der Waals surface area contributed by atoms with Gasteiger partial charge in [0.05, 0.1) is 0 Å². The Hall–Kier alpha value is -0.820. The van der Waals surface area contributed by atoms with Crippen molar-refractivity contribution in [2.45, 2.75) is 26.3 Å². The first-order valence-corrected chi connectivity index (χ1v) is 6.50. The molecule has 0 saturated carbocycles. The molecule has 0 aliphatic rings. The quantitative estimate of drug-likeness (QED) is 0.795. The van der Waals surface area contributed by atoms with E-state index in [0.29, 0.717) is 0 Å². The van der Waals surface area contributed by atoms with E-state index in [0.717, 1.165) is 18.7 Å². The van der Waals surface area contributed by atoms with Gasteiger partial charge in [-0.2, -0.15) is 0 Å². The summed E-state index contributed by atoms with van der Waals surface area (Å²) in [6.07, 6.45) is 2.46. The predicted octanol–water partition coefficient (Wildman–Crippen LogP) is 2.32. The Bertz CT molecular complexity index is 361. The third-order valence-electron chi connectivity index (χ3n) is 2.35. The van der Waals surface area contributed by atoms with Crippen LogP contribution in [0.25, 0.3) is 0 Å². The summed E-state index contributed by atoms with van der Waals surface area (Å²) in [4.78, 5) is 3.61. The summed E-state index contributed by atoms with van der Waals surface area (Å²) in [5.41, 5.74) is 1.06.